The zero-order valence-corrected chi connectivity index (χ0v) is 16.9. The van der Waals surface area contributed by atoms with Crippen LogP contribution in [0, 0.1) is 11.3 Å². The molecule has 0 atom stereocenters. The molecule has 4 aromatic heterocycles. The molecule has 1 fully saturated rings. The first-order valence-corrected chi connectivity index (χ1v) is 10.2. The number of nitriles is 1. The number of fused-ring (bicyclic) bond motifs is 1. The van der Waals surface area contributed by atoms with Gasteiger partial charge in [-0.25, -0.2) is 4.52 Å². The Hall–Kier alpha value is -3.44. The second-order valence-electron chi connectivity index (χ2n) is 8.28. The molecule has 30 heavy (non-hydrogen) atoms. The standard InChI is InChI=1S/C22H24N8/c1-28-13-17(11-26-28)16-10-20(21-4-9-25-29(21)14-16)18-12-27-30(15-18)22(7-8-23)5-2-19(24)3-6-22/h4,9-15,19H,2-3,5-7,24H2,1H3/t19-,22+. The summed E-state index contributed by atoms with van der Waals surface area (Å²) >= 11 is 0. The molecule has 1 aliphatic carbocycles. The van der Waals surface area contributed by atoms with Crippen LogP contribution in [0.5, 0.6) is 0 Å². The Morgan fingerprint density at radius 2 is 1.90 bits per heavy atom. The summed E-state index contributed by atoms with van der Waals surface area (Å²) in [7, 11) is 1.91. The van der Waals surface area contributed by atoms with Crippen molar-refractivity contribution in [2.24, 2.45) is 12.8 Å². The predicted octanol–water partition coefficient (Wildman–Crippen LogP) is 3.11. The molecule has 8 nitrogen and oxygen atoms in total. The van der Waals surface area contributed by atoms with Gasteiger partial charge < -0.3 is 5.73 Å². The Morgan fingerprint density at radius 3 is 2.63 bits per heavy atom. The van der Waals surface area contributed by atoms with Crippen molar-refractivity contribution < 1.29 is 0 Å². The predicted molar refractivity (Wildman–Crippen MR) is 113 cm³/mol. The van der Waals surface area contributed by atoms with Crippen LogP contribution in [0.4, 0.5) is 0 Å². The first-order chi connectivity index (χ1) is 14.6. The lowest BCUT2D eigenvalue weighted by Crippen LogP contribution is -2.41. The van der Waals surface area contributed by atoms with Gasteiger partial charge in [-0.3, -0.25) is 9.36 Å². The summed E-state index contributed by atoms with van der Waals surface area (Å²) in [5.41, 5.74) is 11.0. The third-order valence-electron chi connectivity index (χ3n) is 6.29. The largest absolute Gasteiger partial charge is 0.328 e. The molecule has 0 amide bonds. The molecule has 0 spiro atoms. The molecule has 2 N–H and O–H groups in total. The Bertz CT molecular complexity index is 1230. The average molecular weight is 400 g/mol. The maximum Gasteiger partial charge on any atom is 0.0758 e. The summed E-state index contributed by atoms with van der Waals surface area (Å²) in [6.45, 7) is 0. The first kappa shape index (κ1) is 18.6. The molecule has 0 radical (unpaired) electrons. The number of hydrogen-bond donors (Lipinski definition) is 1. The van der Waals surface area contributed by atoms with Crippen molar-refractivity contribution in [2.45, 2.75) is 43.7 Å². The lowest BCUT2D eigenvalue weighted by atomic mass is 9.78. The minimum atomic E-state index is -0.277. The molecular weight excluding hydrogens is 376 g/mol. The second-order valence-corrected chi connectivity index (χ2v) is 8.28. The summed E-state index contributed by atoms with van der Waals surface area (Å²) in [6.07, 6.45) is 15.7. The molecule has 0 aromatic carbocycles. The summed E-state index contributed by atoms with van der Waals surface area (Å²) in [6, 6.07) is 6.75. The van der Waals surface area contributed by atoms with E-state index in [9.17, 15) is 5.26 Å². The molecule has 4 aromatic rings. The highest BCUT2D eigenvalue weighted by molar-refractivity contribution is 5.83. The Balaban J connectivity index is 1.59. The molecule has 4 heterocycles. The molecule has 5 rings (SSSR count). The van der Waals surface area contributed by atoms with Crippen molar-refractivity contribution in [3.8, 4) is 28.3 Å². The van der Waals surface area contributed by atoms with Crippen LogP contribution < -0.4 is 5.73 Å². The van der Waals surface area contributed by atoms with Gasteiger partial charge in [0.1, 0.15) is 0 Å². The van der Waals surface area contributed by atoms with Gasteiger partial charge in [0.25, 0.3) is 0 Å². The molecular formula is C22H24N8. The van der Waals surface area contributed by atoms with Crippen LogP contribution in [0.3, 0.4) is 0 Å². The van der Waals surface area contributed by atoms with Gasteiger partial charge >= 0.3 is 0 Å². The molecule has 0 saturated heterocycles. The van der Waals surface area contributed by atoms with Crippen LogP contribution >= 0.6 is 0 Å². The van der Waals surface area contributed by atoms with Gasteiger partial charge in [0.05, 0.1) is 35.9 Å². The average Bonchev–Trinajstić information content (AvgIpc) is 3.49. The summed E-state index contributed by atoms with van der Waals surface area (Å²) < 4.78 is 5.68. The van der Waals surface area contributed by atoms with Crippen molar-refractivity contribution in [3.05, 3.63) is 49.3 Å². The van der Waals surface area contributed by atoms with E-state index in [1.807, 2.05) is 47.1 Å². The highest BCUT2D eigenvalue weighted by atomic mass is 15.3. The zero-order chi connectivity index (χ0) is 20.7. The Morgan fingerprint density at radius 1 is 1.10 bits per heavy atom. The lowest BCUT2D eigenvalue weighted by Gasteiger charge is -2.38. The molecule has 0 bridgehead atoms. The minimum absolute atomic E-state index is 0.217. The molecule has 1 saturated carbocycles. The van der Waals surface area contributed by atoms with Crippen LogP contribution in [0.1, 0.15) is 32.1 Å². The Labute approximate surface area is 174 Å². The van der Waals surface area contributed by atoms with Crippen molar-refractivity contribution in [1.29, 1.82) is 5.26 Å². The van der Waals surface area contributed by atoms with E-state index in [0.717, 1.165) is 53.5 Å². The van der Waals surface area contributed by atoms with Crippen molar-refractivity contribution >= 4 is 5.52 Å². The molecule has 1 aliphatic rings. The fourth-order valence-electron chi connectivity index (χ4n) is 4.52. The van der Waals surface area contributed by atoms with Crippen molar-refractivity contribution in [1.82, 2.24) is 29.2 Å². The highest BCUT2D eigenvalue weighted by Crippen LogP contribution is 2.38. The van der Waals surface area contributed by atoms with E-state index in [2.05, 4.69) is 28.5 Å². The van der Waals surface area contributed by atoms with E-state index in [1.54, 1.807) is 10.9 Å². The fourth-order valence-corrected chi connectivity index (χ4v) is 4.52. The number of pyridine rings is 1. The van der Waals surface area contributed by atoms with Gasteiger partial charge in [0, 0.05) is 60.1 Å². The van der Waals surface area contributed by atoms with E-state index in [4.69, 9.17) is 10.8 Å². The van der Waals surface area contributed by atoms with Gasteiger partial charge in [-0.2, -0.15) is 20.6 Å². The van der Waals surface area contributed by atoms with Crippen LogP contribution in [0.15, 0.2) is 49.3 Å². The van der Waals surface area contributed by atoms with Crippen LogP contribution in [-0.2, 0) is 12.6 Å². The summed E-state index contributed by atoms with van der Waals surface area (Å²) in [4.78, 5) is 0. The molecule has 152 valence electrons. The Kier molecular flexibility index (Phi) is 4.40. The number of nitrogens with two attached hydrogens (primary N) is 1. The smallest absolute Gasteiger partial charge is 0.0758 e. The monoisotopic (exact) mass is 400 g/mol. The summed E-state index contributed by atoms with van der Waals surface area (Å²) in [5, 5.41) is 22.9. The topological polar surface area (TPSA) is 103 Å². The van der Waals surface area contributed by atoms with Gasteiger partial charge in [0.2, 0.25) is 0 Å². The third kappa shape index (κ3) is 3.08. The maximum absolute atomic E-state index is 9.47. The van der Waals surface area contributed by atoms with Gasteiger partial charge in [0.15, 0.2) is 0 Å². The van der Waals surface area contributed by atoms with Crippen molar-refractivity contribution in [2.75, 3.05) is 0 Å². The third-order valence-corrected chi connectivity index (χ3v) is 6.29. The number of nitrogens with zero attached hydrogens (tertiary/aromatic N) is 7. The normalized spacial score (nSPS) is 21.7. The zero-order valence-electron chi connectivity index (χ0n) is 16.9. The van der Waals surface area contributed by atoms with Crippen LogP contribution in [-0.4, -0.2) is 35.2 Å². The molecule has 0 aliphatic heterocycles. The van der Waals surface area contributed by atoms with Crippen LogP contribution in [0.2, 0.25) is 0 Å². The number of rotatable bonds is 4. The number of hydrogen-bond acceptors (Lipinski definition) is 5. The summed E-state index contributed by atoms with van der Waals surface area (Å²) in [5.74, 6) is 0. The number of aryl methyl sites for hydroxylation is 1. The van der Waals surface area contributed by atoms with E-state index in [-0.39, 0.29) is 11.6 Å². The molecule has 0 unspecified atom stereocenters. The fraction of sp³-hybridized carbons (Fsp3) is 0.364. The van der Waals surface area contributed by atoms with Gasteiger partial charge in [-0.05, 0) is 37.8 Å². The second kappa shape index (κ2) is 7.11. The maximum atomic E-state index is 9.47. The highest BCUT2D eigenvalue weighted by Gasteiger charge is 2.37. The quantitative estimate of drug-likeness (QED) is 0.567. The molecule has 8 heteroatoms. The van der Waals surface area contributed by atoms with E-state index in [1.165, 1.54) is 0 Å². The van der Waals surface area contributed by atoms with Gasteiger partial charge in [-0.15, -0.1) is 0 Å². The van der Waals surface area contributed by atoms with Gasteiger partial charge in [-0.1, -0.05) is 0 Å². The van der Waals surface area contributed by atoms with E-state index in [0.29, 0.717) is 6.42 Å². The van der Waals surface area contributed by atoms with Crippen LogP contribution in [0.25, 0.3) is 27.8 Å². The van der Waals surface area contributed by atoms with E-state index < -0.39 is 0 Å². The first-order valence-electron chi connectivity index (χ1n) is 10.2. The number of aromatic nitrogens is 6. The minimum Gasteiger partial charge on any atom is -0.328 e. The SMILES string of the molecule is Cn1cc(-c2cc(-c3cnn([C@]4(CC#N)CC[C@H](N)CC4)c3)c3ccnn3c2)cn1. The van der Waals surface area contributed by atoms with Crippen molar-refractivity contribution in [3.63, 3.8) is 0 Å². The lowest BCUT2D eigenvalue weighted by molar-refractivity contribution is 0.166. The van der Waals surface area contributed by atoms with E-state index >= 15 is 0 Å².